The molecule has 0 radical (unpaired) electrons. The minimum Gasteiger partial charge on any atom is -0.467 e. The number of carbonyl (C=O) groups is 3. The lowest BCUT2D eigenvalue weighted by atomic mass is 10.2. The van der Waals surface area contributed by atoms with Gasteiger partial charge in [-0.2, -0.15) is 0 Å². The van der Waals surface area contributed by atoms with Gasteiger partial charge in [-0.3, -0.25) is 4.79 Å². The summed E-state index contributed by atoms with van der Waals surface area (Å²) < 4.78 is 43.8. The van der Waals surface area contributed by atoms with Crippen molar-refractivity contribution in [3.8, 4) is 17.2 Å². The number of aldehydes is 1. The summed E-state index contributed by atoms with van der Waals surface area (Å²) >= 11 is 0. The molecule has 3 aromatic rings. The van der Waals surface area contributed by atoms with Crippen molar-refractivity contribution in [3.63, 3.8) is 0 Å². The fourth-order valence-corrected chi connectivity index (χ4v) is 3.56. The maximum absolute atomic E-state index is 12.7. The maximum atomic E-state index is 12.7. The summed E-state index contributed by atoms with van der Waals surface area (Å²) in [4.78, 5) is 36.5. The number of ether oxygens (including phenoxy) is 8. The van der Waals surface area contributed by atoms with Crippen LogP contribution in [0.5, 0.6) is 17.2 Å². The van der Waals surface area contributed by atoms with Gasteiger partial charge in [-0.15, -0.1) is 0 Å². The van der Waals surface area contributed by atoms with Crippen LogP contribution in [0.15, 0.2) is 72.8 Å². The highest BCUT2D eigenvalue weighted by Crippen LogP contribution is 2.21. The summed E-state index contributed by atoms with van der Waals surface area (Å²) in [6.45, 7) is 4.34. The van der Waals surface area contributed by atoms with Crippen molar-refractivity contribution in [2.24, 2.45) is 0 Å². The molecule has 0 saturated heterocycles. The van der Waals surface area contributed by atoms with Gasteiger partial charge in [0.1, 0.15) is 41.6 Å². The fourth-order valence-electron chi connectivity index (χ4n) is 3.56. The van der Waals surface area contributed by atoms with Crippen LogP contribution in [0.4, 0.5) is 0 Å². The highest BCUT2D eigenvalue weighted by Gasteiger charge is 2.18. The molecule has 0 fully saturated rings. The second kappa shape index (κ2) is 19.0. The lowest BCUT2D eigenvalue weighted by Crippen LogP contribution is -2.23. The molecular weight excluding hydrogens is 588 g/mol. The summed E-state index contributed by atoms with van der Waals surface area (Å²) in [6, 6.07) is 19.8. The first-order valence-electron chi connectivity index (χ1n) is 14.2. The first-order valence-corrected chi connectivity index (χ1v) is 14.2. The van der Waals surface area contributed by atoms with Crippen LogP contribution in [0.2, 0.25) is 0 Å². The maximum Gasteiger partial charge on any atom is 0.342 e. The van der Waals surface area contributed by atoms with E-state index in [-0.39, 0.29) is 62.8 Å². The van der Waals surface area contributed by atoms with Crippen molar-refractivity contribution in [2.45, 2.75) is 39.1 Å². The van der Waals surface area contributed by atoms with Gasteiger partial charge in [-0.05, 0) is 57.2 Å². The van der Waals surface area contributed by atoms with Crippen molar-refractivity contribution in [3.05, 3.63) is 89.5 Å². The zero-order valence-electron chi connectivity index (χ0n) is 25.4. The van der Waals surface area contributed by atoms with Crippen molar-refractivity contribution >= 4 is 18.2 Å². The molecule has 0 aromatic heterocycles. The lowest BCUT2D eigenvalue weighted by Gasteiger charge is -2.17. The molecular formula is C33H38O12. The minimum absolute atomic E-state index is 0.0479. The summed E-state index contributed by atoms with van der Waals surface area (Å²) in [5, 5.41) is 9.05. The summed E-state index contributed by atoms with van der Waals surface area (Å²) in [5.74, 6) is -0.308. The third kappa shape index (κ3) is 11.8. The smallest absolute Gasteiger partial charge is 0.342 e. The topological polar surface area (TPSA) is 145 Å². The molecule has 0 spiro atoms. The van der Waals surface area contributed by atoms with Crippen LogP contribution in [0.25, 0.3) is 0 Å². The monoisotopic (exact) mass is 626 g/mol. The van der Waals surface area contributed by atoms with E-state index < -0.39 is 30.3 Å². The standard InChI is InChI=1S/C33H38O12/c1-23(16-34)40-20-44-30-14-8-5-11-27(30)32(36)39-19-25(3)42-22-45-31-15-9-6-12-28(31)33(37)38-18-24(2)41-21-43-29-13-7-4-10-26(29)17-35/h4-15,17,23-25,34H,16,18-22H2,1-3H3. The van der Waals surface area contributed by atoms with Gasteiger partial charge < -0.3 is 43.0 Å². The SMILES string of the molecule is CC(CO)OCOc1ccccc1C(=O)OCC(C)OCOc1ccccc1C(=O)OCC(C)OCOc1ccccc1C=O. The minimum atomic E-state index is -0.618. The van der Waals surface area contributed by atoms with E-state index in [1.54, 1.807) is 93.6 Å². The zero-order chi connectivity index (χ0) is 32.4. The number of hydrogen-bond acceptors (Lipinski definition) is 12. The molecule has 0 heterocycles. The van der Waals surface area contributed by atoms with Crippen LogP contribution in [0, 0.1) is 0 Å². The molecule has 242 valence electrons. The average molecular weight is 627 g/mol. The van der Waals surface area contributed by atoms with E-state index in [4.69, 9.17) is 43.0 Å². The van der Waals surface area contributed by atoms with E-state index in [1.165, 1.54) is 0 Å². The highest BCUT2D eigenvalue weighted by molar-refractivity contribution is 5.93. The predicted molar refractivity (Wildman–Crippen MR) is 160 cm³/mol. The van der Waals surface area contributed by atoms with Gasteiger partial charge in [0.15, 0.2) is 26.7 Å². The third-order valence-electron chi connectivity index (χ3n) is 6.12. The fraction of sp³-hybridized carbons (Fsp3) is 0.364. The van der Waals surface area contributed by atoms with E-state index in [2.05, 4.69) is 0 Å². The first kappa shape index (κ1) is 35.0. The molecule has 1 N–H and O–H groups in total. The molecule has 12 nitrogen and oxygen atoms in total. The molecule has 3 aromatic carbocycles. The molecule has 0 bridgehead atoms. The quantitative estimate of drug-likeness (QED) is 0.108. The predicted octanol–water partition coefficient (Wildman–Crippen LogP) is 4.43. The number of benzene rings is 3. The number of aliphatic hydroxyl groups is 1. The van der Waals surface area contributed by atoms with Crippen LogP contribution in [-0.2, 0) is 23.7 Å². The zero-order valence-corrected chi connectivity index (χ0v) is 25.4. The number of hydrogen-bond donors (Lipinski definition) is 1. The van der Waals surface area contributed by atoms with E-state index in [1.807, 2.05) is 0 Å². The Balaban J connectivity index is 1.40. The van der Waals surface area contributed by atoms with E-state index in [0.29, 0.717) is 17.6 Å². The van der Waals surface area contributed by atoms with Gasteiger partial charge >= 0.3 is 11.9 Å². The Bertz CT molecular complexity index is 1360. The van der Waals surface area contributed by atoms with Gasteiger partial charge in [-0.25, -0.2) is 9.59 Å². The molecule has 0 aliphatic carbocycles. The van der Waals surface area contributed by atoms with E-state index in [9.17, 15) is 14.4 Å². The van der Waals surface area contributed by atoms with Crippen molar-refractivity contribution in [1.29, 1.82) is 0 Å². The van der Waals surface area contributed by atoms with Gasteiger partial charge in [0.25, 0.3) is 0 Å². The van der Waals surface area contributed by atoms with Gasteiger partial charge in [0.05, 0.1) is 30.5 Å². The van der Waals surface area contributed by atoms with Crippen molar-refractivity contribution in [1.82, 2.24) is 0 Å². The van der Waals surface area contributed by atoms with Crippen LogP contribution >= 0.6 is 0 Å². The third-order valence-corrected chi connectivity index (χ3v) is 6.12. The van der Waals surface area contributed by atoms with E-state index in [0.717, 1.165) is 0 Å². The summed E-state index contributed by atoms with van der Waals surface area (Å²) in [6.07, 6.45) is -0.733. The molecule has 0 aliphatic heterocycles. The molecule has 0 amide bonds. The number of para-hydroxylation sites is 3. The van der Waals surface area contributed by atoms with Gasteiger partial charge in [0, 0.05) is 0 Å². The molecule has 3 rings (SSSR count). The second-order valence-corrected chi connectivity index (χ2v) is 9.75. The van der Waals surface area contributed by atoms with Crippen molar-refractivity contribution in [2.75, 3.05) is 40.2 Å². The molecule has 0 saturated carbocycles. The summed E-state index contributed by atoms with van der Waals surface area (Å²) in [7, 11) is 0. The number of rotatable bonds is 20. The van der Waals surface area contributed by atoms with Crippen molar-refractivity contribution < 1.29 is 57.4 Å². The average Bonchev–Trinajstić information content (AvgIpc) is 3.06. The molecule has 3 atom stereocenters. The second-order valence-electron chi connectivity index (χ2n) is 9.75. The number of esters is 2. The lowest BCUT2D eigenvalue weighted by molar-refractivity contribution is -0.0574. The first-order chi connectivity index (χ1) is 21.8. The van der Waals surface area contributed by atoms with Crippen LogP contribution in [0.3, 0.4) is 0 Å². The largest absolute Gasteiger partial charge is 0.467 e. The molecule has 0 aliphatic rings. The Morgan fingerprint density at radius 3 is 1.49 bits per heavy atom. The van der Waals surface area contributed by atoms with Crippen LogP contribution in [0.1, 0.15) is 51.8 Å². The number of aliphatic hydroxyl groups excluding tert-OH is 1. The molecule has 45 heavy (non-hydrogen) atoms. The Hall–Kier alpha value is -4.49. The summed E-state index contributed by atoms with van der Waals surface area (Å²) in [5.41, 5.74) is 0.807. The van der Waals surface area contributed by atoms with Gasteiger partial charge in [-0.1, -0.05) is 36.4 Å². The number of carbonyl (C=O) groups excluding carboxylic acids is 3. The van der Waals surface area contributed by atoms with Crippen LogP contribution in [-0.4, -0.2) is 81.8 Å². The Labute approximate surface area is 261 Å². The van der Waals surface area contributed by atoms with Gasteiger partial charge in [0.2, 0.25) is 0 Å². The Morgan fingerprint density at radius 1 is 0.622 bits per heavy atom. The van der Waals surface area contributed by atoms with E-state index >= 15 is 0 Å². The highest BCUT2D eigenvalue weighted by atomic mass is 16.7. The molecule has 3 unspecified atom stereocenters. The normalized spacial score (nSPS) is 12.8. The Kier molecular flexibility index (Phi) is 14.8. The van der Waals surface area contributed by atoms with Crippen LogP contribution < -0.4 is 14.2 Å². The Morgan fingerprint density at radius 2 is 1.02 bits per heavy atom. The molecule has 12 heteroatoms.